The number of rotatable bonds is 4. The minimum absolute atomic E-state index is 0.0941. The van der Waals surface area contributed by atoms with E-state index in [1.165, 1.54) is 0 Å². The summed E-state index contributed by atoms with van der Waals surface area (Å²) < 4.78 is 0. The van der Waals surface area contributed by atoms with Crippen LogP contribution >= 0.6 is 0 Å². The molecular formula is C11H18N4O. The molecule has 0 saturated heterocycles. The predicted octanol–water partition coefficient (Wildman–Crippen LogP) is 1.22. The lowest BCUT2D eigenvalue weighted by molar-refractivity contribution is 0.0929. The van der Waals surface area contributed by atoms with Gasteiger partial charge in [0.25, 0.3) is 5.91 Å². The van der Waals surface area contributed by atoms with Gasteiger partial charge in [0.15, 0.2) is 5.69 Å². The lowest BCUT2D eigenvalue weighted by Gasteiger charge is -2.22. The van der Waals surface area contributed by atoms with Crippen LogP contribution in [0, 0.1) is 5.41 Å². The van der Waals surface area contributed by atoms with E-state index in [1.807, 2.05) is 0 Å². The first-order valence-corrected chi connectivity index (χ1v) is 5.32. The summed E-state index contributed by atoms with van der Waals surface area (Å²) in [7, 11) is 0. The van der Waals surface area contributed by atoms with Crippen molar-refractivity contribution in [1.29, 1.82) is 0 Å². The molecule has 0 atom stereocenters. The van der Waals surface area contributed by atoms with Gasteiger partial charge in [-0.25, -0.2) is 0 Å². The molecule has 0 aliphatic rings. The highest BCUT2D eigenvalue weighted by Gasteiger charge is 2.17. The van der Waals surface area contributed by atoms with Crippen LogP contribution in [-0.2, 0) is 0 Å². The standard InChI is InChI=1S/C11H18N4O/c1-4-11(2,3)7-13-10(16)8-5-6-9(12)15-14-8/h5-6H,4,7H2,1-3H3,(H2,12,15)(H,13,16). The van der Waals surface area contributed by atoms with E-state index in [9.17, 15) is 4.79 Å². The molecule has 0 bridgehead atoms. The van der Waals surface area contributed by atoms with E-state index in [2.05, 4.69) is 36.3 Å². The minimum Gasteiger partial charge on any atom is -0.382 e. The molecule has 0 radical (unpaired) electrons. The van der Waals surface area contributed by atoms with Gasteiger partial charge in [-0.1, -0.05) is 20.8 Å². The van der Waals surface area contributed by atoms with Crippen molar-refractivity contribution >= 4 is 11.7 Å². The number of nitrogen functional groups attached to an aromatic ring is 1. The van der Waals surface area contributed by atoms with Crippen LogP contribution < -0.4 is 11.1 Å². The van der Waals surface area contributed by atoms with Gasteiger partial charge in [-0.15, -0.1) is 10.2 Å². The Labute approximate surface area is 95.4 Å². The second kappa shape index (κ2) is 4.92. The molecule has 1 aromatic heterocycles. The first-order chi connectivity index (χ1) is 7.44. The smallest absolute Gasteiger partial charge is 0.271 e. The molecule has 0 unspecified atom stereocenters. The molecule has 88 valence electrons. The zero-order valence-corrected chi connectivity index (χ0v) is 9.95. The number of amides is 1. The summed E-state index contributed by atoms with van der Waals surface area (Å²) in [5.41, 5.74) is 5.77. The molecule has 1 heterocycles. The maximum atomic E-state index is 11.7. The van der Waals surface area contributed by atoms with Crippen molar-refractivity contribution in [2.45, 2.75) is 27.2 Å². The monoisotopic (exact) mass is 222 g/mol. The molecule has 0 aromatic carbocycles. The Bertz CT molecular complexity index is 359. The van der Waals surface area contributed by atoms with Crippen LogP contribution in [0.1, 0.15) is 37.7 Å². The average Bonchev–Trinajstić information content (AvgIpc) is 2.27. The highest BCUT2D eigenvalue weighted by molar-refractivity contribution is 5.92. The summed E-state index contributed by atoms with van der Waals surface area (Å²) in [5, 5.41) is 10.2. The van der Waals surface area contributed by atoms with E-state index < -0.39 is 0 Å². The van der Waals surface area contributed by atoms with Crippen LogP contribution in [0.15, 0.2) is 12.1 Å². The van der Waals surface area contributed by atoms with Crippen molar-refractivity contribution in [2.24, 2.45) is 5.41 Å². The van der Waals surface area contributed by atoms with Crippen LogP contribution in [0.2, 0.25) is 0 Å². The van der Waals surface area contributed by atoms with E-state index >= 15 is 0 Å². The van der Waals surface area contributed by atoms with Gasteiger partial charge >= 0.3 is 0 Å². The van der Waals surface area contributed by atoms with E-state index in [0.717, 1.165) is 6.42 Å². The quantitative estimate of drug-likeness (QED) is 0.802. The van der Waals surface area contributed by atoms with Crippen LogP contribution in [-0.4, -0.2) is 22.6 Å². The van der Waals surface area contributed by atoms with Gasteiger partial charge in [-0.2, -0.15) is 0 Å². The molecule has 1 rings (SSSR count). The number of nitrogens with zero attached hydrogens (tertiary/aromatic N) is 2. The van der Waals surface area contributed by atoms with Gasteiger partial charge in [-0.3, -0.25) is 4.79 Å². The van der Waals surface area contributed by atoms with Crippen molar-refractivity contribution < 1.29 is 4.79 Å². The molecule has 5 heteroatoms. The molecule has 5 nitrogen and oxygen atoms in total. The van der Waals surface area contributed by atoms with Gasteiger partial charge in [-0.05, 0) is 24.0 Å². The summed E-state index contributed by atoms with van der Waals surface area (Å²) in [6.07, 6.45) is 1.00. The average molecular weight is 222 g/mol. The van der Waals surface area contributed by atoms with Crippen molar-refractivity contribution in [2.75, 3.05) is 12.3 Å². The molecule has 1 amide bonds. The third-order valence-electron chi connectivity index (χ3n) is 2.60. The summed E-state index contributed by atoms with van der Waals surface area (Å²) >= 11 is 0. The lowest BCUT2D eigenvalue weighted by atomic mass is 9.90. The number of hydrogen-bond donors (Lipinski definition) is 2. The fraction of sp³-hybridized carbons (Fsp3) is 0.545. The van der Waals surface area contributed by atoms with Crippen molar-refractivity contribution in [3.05, 3.63) is 17.8 Å². The zero-order valence-electron chi connectivity index (χ0n) is 9.95. The van der Waals surface area contributed by atoms with Crippen molar-refractivity contribution in [1.82, 2.24) is 15.5 Å². The lowest BCUT2D eigenvalue weighted by Crippen LogP contribution is -2.34. The Morgan fingerprint density at radius 1 is 1.44 bits per heavy atom. The zero-order chi connectivity index (χ0) is 12.2. The molecular weight excluding hydrogens is 204 g/mol. The number of hydrogen-bond acceptors (Lipinski definition) is 4. The van der Waals surface area contributed by atoms with E-state index in [1.54, 1.807) is 12.1 Å². The molecule has 0 saturated carbocycles. The van der Waals surface area contributed by atoms with Crippen molar-refractivity contribution in [3.8, 4) is 0 Å². The van der Waals surface area contributed by atoms with E-state index in [0.29, 0.717) is 18.1 Å². The molecule has 16 heavy (non-hydrogen) atoms. The van der Waals surface area contributed by atoms with Crippen LogP contribution in [0.5, 0.6) is 0 Å². The van der Waals surface area contributed by atoms with Gasteiger partial charge in [0.1, 0.15) is 5.82 Å². The number of anilines is 1. The van der Waals surface area contributed by atoms with Gasteiger partial charge < -0.3 is 11.1 Å². The normalized spacial score (nSPS) is 11.2. The second-order valence-electron chi connectivity index (χ2n) is 4.54. The van der Waals surface area contributed by atoms with E-state index in [-0.39, 0.29) is 11.3 Å². The fourth-order valence-electron chi connectivity index (χ4n) is 0.999. The fourth-order valence-corrected chi connectivity index (χ4v) is 0.999. The number of carbonyl (C=O) groups is 1. The Hall–Kier alpha value is -1.65. The Kier molecular flexibility index (Phi) is 3.82. The van der Waals surface area contributed by atoms with Crippen LogP contribution in [0.3, 0.4) is 0 Å². The Morgan fingerprint density at radius 3 is 2.62 bits per heavy atom. The maximum absolute atomic E-state index is 11.7. The number of carbonyl (C=O) groups excluding carboxylic acids is 1. The first kappa shape index (κ1) is 12.4. The molecule has 3 N–H and O–H groups in total. The summed E-state index contributed by atoms with van der Waals surface area (Å²) in [6, 6.07) is 3.13. The van der Waals surface area contributed by atoms with E-state index in [4.69, 9.17) is 5.73 Å². The largest absolute Gasteiger partial charge is 0.382 e. The summed E-state index contributed by atoms with van der Waals surface area (Å²) in [6.45, 7) is 6.91. The van der Waals surface area contributed by atoms with Gasteiger partial charge in [0, 0.05) is 6.54 Å². The maximum Gasteiger partial charge on any atom is 0.271 e. The minimum atomic E-state index is -0.214. The number of nitrogens with two attached hydrogens (primary N) is 1. The third kappa shape index (κ3) is 3.49. The van der Waals surface area contributed by atoms with Crippen molar-refractivity contribution in [3.63, 3.8) is 0 Å². The number of nitrogens with one attached hydrogen (secondary N) is 1. The number of aromatic nitrogens is 2. The molecule has 0 fully saturated rings. The highest BCUT2D eigenvalue weighted by Crippen LogP contribution is 2.17. The SMILES string of the molecule is CCC(C)(C)CNC(=O)c1ccc(N)nn1. The topological polar surface area (TPSA) is 80.9 Å². The molecule has 0 aliphatic carbocycles. The van der Waals surface area contributed by atoms with Crippen LogP contribution in [0.4, 0.5) is 5.82 Å². The third-order valence-corrected chi connectivity index (χ3v) is 2.60. The first-order valence-electron chi connectivity index (χ1n) is 5.32. The highest BCUT2D eigenvalue weighted by atomic mass is 16.1. The van der Waals surface area contributed by atoms with Gasteiger partial charge in [0.2, 0.25) is 0 Å². The molecule has 0 spiro atoms. The Balaban J connectivity index is 2.56. The summed E-state index contributed by atoms with van der Waals surface area (Å²) in [4.78, 5) is 11.7. The Morgan fingerprint density at radius 2 is 2.12 bits per heavy atom. The molecule has 0 aliphatic heterocycles. The second-order valence-corrected chi connectivity index (χ2v) is 4.54. The summed E-state index contributed by atoms with van der Waals surface area (Å²) in [5.74, 6) is 0.0967. The predicted molar refractivity (Wildman–Crippen MR) is 62.8 cm³/mol. The van der Waals surface area contributed by atoms with Crippen LogP contribution in [0.25, 0.3) is 0 Å². The van der Waals surface area contributed by atoms with Gasteiger partial charge in [0.05, 0.1) is 0 Å². The molecule has 1 aromatic rings.